The predicted octanol–water partition coefficient (Wildman–Crippen LogP) is 2.58. The fourth-order valence-corrected chi connectivity index (χ4v) is 2.27. The minimum Gasteiger partial charge on any atom is -0.389 e. The summed E-state index contributed by atoms with van der Waals surface area (Å²) in [5, 5.41) is 0. The molecule has 0 radical (unpaired) electrons. The van der Waals surface area contributed by atoms with Gasteiger partial charge in [0.05, 0.1) is 0 Å². The summed E-state index contributed by atoms with van der Waals surface area (Å²) < 4.78 is 0. The molecule has 3 nitrogen and oxygen atoms in total. The molecule has 2 rings (SSSR count). The van der Waals surface area contributed by atoms with Crippen molar-refractivity contribution < 1.29 is 4.79 Å². The van der Waals surface area contributed by atoms with E-state index in [4.69, 9.17) is 18.0 Å². The highest BCUT2D eigenvalue weighted by Crippen LogP contribution is 2.30. The first-order valence-corrected chi connectivity index (χ1v) is 7.21. The number of nitrogens with two attached hydrogens (primary N) is 1. The molecule has 0 spiro atoms. The average molecular weight is 276 g/mol. The van der Waals surface area contributed by atoms with Crippen molar-refractivity contribution in [1.82, 2.24) is 4.90 Å². The van der Waals surface area contributed by atoms with E-state index in [1.165, 1.54) is 12.8 Å². The zero-order valence-electron chi connectivity index (χ0n) is 11.3. The van der Waals surface area contributed by atoms with Crippen molar-refractivity contribution >= 4 is 23.1 Å². The third-order valence-corrected chi connectivity index (χ3v) is 3.59. The molecule has 1 aliphatic rings. The van der Waals surface area contributed by atoms with Crippen molar-refractivity contribution in [3.63, 3.8) is 0 Å². The summed E-state index contributed by atoms with van der Waals surface area (Å²) in [6, 6.07) is 7.30. The Morgan fingerprint density at radius 1 is 1.42 bits per heavy atom. The molecule has 1 aromatic carbocycles. The summed E-state index contributed by atoms with van der Waals surface area (Å²) in [7, 11) is 0. The third-order valence-electron chi connectivity index (χ3n) is 3.35. The molecule has 0 aliphatic heterocycles. The number of amides is 1. The van der Waals surface area contributed by atoms with Crippen LogP contribution in [0.3, 0.4) is 0 Å². The van der Waals surface area contributed by atoms with E-state index in [1.54, 1.807) is 6.07 Å². The molecule has 0 heterocycles. The Hall–Kier alpha value is -1.42. The van der Waals surface area contributed by atoms with Crippen LogP contribution in [-0.4, -0.2) is 28.9 Å². The smallest absolute Gasteiger partial charge is 0.253 e. The van der Waals surface area contributed by atoms with Crippen LogP contribution in [0.1, 0.15) is 42.1 Å². The standard InChI is InChI=1S/C15H20N2OS/c1-2-8-17(10-11-6-7-11)15(18)13-5-3-4-12(9-13)14(16)19/h3-5,9,11H,2,6-8,10H2,1H3,(H2,16,19). The van der Waals surface area contributed by atoms with Crippen LogP contribution in [0.25, 0.3) is 0 Å². The minimum atomic E-state index is 0.0897. The van der Waals surface area contributed by atoms with Crippen LogP contribution < -0.4 is 5.73 Å². The highest BCUT2D eigenvalue weighted by Gasteiger charge is 2.26. The quantitative estimate of drug-likeness (QED) is 0.812. The molecule has 1 amide bonds. The van der Waals surface area contributed by atoms with E-state index < -0.39 is 0 Å². The number of carbonyl (C=O) groups excluding carboxylic acids is 1. The SMILES string of the molecule is CCCN(CC1CC1)C(=O)c1cccc(C(N)=S)c1. The molecule has 1 aliphatic carbocycles. The minimum absolute atomic E-state index is 0.0897. The van der Waals surface area contributed by atoms with Gasteiger partial charge in [-0.1, -0.05) is 31.3 Å². The molecule has 1 aromatic rings. The van der Waals surface area contributed by atoms with Gasteiger partial charge in [0, 0.05) is 24.2 Å². The Labute approximate surface area is 119 Å². The maximum Gasteiger partial charge on any atom is 0.253 e. The summed E-state index contributed by atoms with van der Waals surface area (Å²) in [5.74, 6) is 0.793. The Kier molecular flexibility index (Phi) is 4.53. The lowest BCUT2D eigenvalue weighted by Gasteiger charge is -2.22. The molecule has 19 heavy (non-hydrogen) atoms. The average Bonchev–Trinajstić information content (AvgIpc) is 3.21. The highest BCUT2D eigenvalue weighted by atomic mass is 32.1. The lowest BCUT2D eigenvalue weighted by atomic mass is 10.1. The van der Waals surface area contributed by atoms with E-state index in [9.17, 15) is 4.79 Å². The van der Waals surface area contributed by atoms with Crippen LogP contribution >= 0.6 is 12.2 Å². The molecular weight excluding hydrogens is 256 g/mol. The molecule has 0 saturated heterocycles. The number of carbonyl (C=O) groups is 1. The maximum atomic E-state index is 12.5. The van der Waals surface area contributed by atoms with Crippen molar-refractivity contribution in [2.24, 2.45) is 11.7 Å². The Morgan fingerprint density at radius 2 is 2.11 bits per heavy atom. The number of hydrogen-bond acceptors (Lipinski definition) is 2. The van der Waals surface area contributed by atoms with Gasteiger partial charge in [-0.05, 0) is 37.3 Å². The zero-order valence-corrected chi connectivity index (χ0v) is 12.1. The number of hydrogen-bond donors (Lipinski definition) is 1. The first-order valence-electron chi connectivity index (χ1n) is 6.81. The van der Waals surface area contributed by atoms with Gasteiger partial charge in [0.2, 0.25) is 0 Å². The Balaban J connectivity index is 2.14. The van der Waals surface area contributed by atoms with Crippen molar-refractivity contribution in [1.29, 1.82) is 0 Å². The number of thiocarbonyl (C=S) groups is 1. The first kappa shape index (κ1) is 14.0. The topological polar surface area (TPSA) is 46.3 Å². The van der Waals surface area contributed by atoms with E-state index in [2.05, 4.69) is 6.92 Å². The molecule has 0 bridgehead atoms. The van der Waals surface area contributed by atoms with Gasteiger partial charge in [-0.25, -0.2) is 0 Å². The van der Waals surface area contributed by atoms with Crippen LogP contribution in [0.5, 0.6) is 0 Å². The van der Waals surface area contributed by atoms with Gasteiger partial charge < -0.3 is 10.6 Å². The van der Waals surface area contributed by atoms with Gasteiger partial charge in [0.1, 0.15) is 4.99 Å². The summed E-state index contributed by atoms with van der Waals surface area (Å²) in [5.41, 5.74) is 7.05. The van der Waals surface area contributed by atoms with Gasteiger partial charge in [0.15, 0.2) is 0 Å². The van der Waals surface area contributed by atoms with Crippen LogP contribution in [0.2, 0.25) is 0 Å². The first-order chi connectivity index (χ1) is 9.11. The molecular formula is C15H20N2OS. The van der Waals surface area contributed by atoms with Crippen LogP contribution in [-0.2, 0) is 0 Å². The van der Waals surface area contributed by atoms with E-state index in [0.717, 1.165) is 25.1 Å². The second kappa shape index (κ2) is 6.15. The zero-order chi connectivity index (χ0) is 13.8. The van der Waals surface area contributed by atoms with E-state index >= 15 is 0 Å². The lowest BCUT2D eigenvalue weighted by Crippen LogP contribution is -2.33. The largest absolute Gasteiger partial charge is 0.389 e. The highest BCUT2D eigenvalue weighted by molar-refractivity contribution is 7.80. The third kappa shape index (κ3) is 3.77. The summed E-state index contributed by atoms with van der Waals surface area (Å²) in [6.45, 7) is 3.79. The molecule has 2 N–H and O–H groups in total. The monoisotopic (exact) mass is 276 g/mol. The second-order valence-corrected chi connectivity index (χ2v) is 5.58. The van der Waals surface area contributed by atoms with Crippen molar-refractivity contribution in [2.75, 3.05) is 13.1 Å². The fraction of sp³-hybridized carbons (Fsp3) is 0.467. The molecule has 4 heteroatoms. The molecule has 0 aromatic heterocycles. The predicted molar refractivity (Wildman–Crippen MR) is 81.2 cm³/mol. The normalized spacial score (nSPS) is 14.2. The molecule has 1 fully saturated rings. The summed E-state index contributed by atoms with van der Waals surface area (Å²) >= 11 is 4.96. The van der Waals surface area contributed by atoms with Crippen molar-refractivity contribution in [2.45, 2.75) is 26.2 Å². The van der Waals surface area contributed by atoms with Crippen LogP contribution in [0.4, 0.5) is 0 Å². The fourth-order valence-electron chi connectivity index (χ4n) is 2.15. The summed E-state index contributed by atoms with van der Waals surface area (Å²) in [4.78, 5) is 14.8. The van der Waals surface area contributed by atoms with Gasteiger partial charge >= 0.3 is 0 Å². The number of benzene rings is 1. The van der Waals surface area contributed by atoms with Crippen molar-refractivity contribution in [3.05, 3.63) is 35.4 Å². The van der Waals surface area contributed by atoms with E-state index in [-0.39, 0.29) is 5.91 Å². The molecule has 102 valence electrons. The van der Waals surface area contributed by atoms with Crippen molar-refractivity contribution in [3.8, 4) is 0 Å². The van der Waals surface area contributed by atoms with E-state index in [1.807, 2.05) is 23.1 Å². The molecule has 0 unspecified atom stereocenters. The molecule has 1 saturated carbocycles. The van der Waals surface area contributed by atoms with Crippen LogP contribution in [0.15, 0.2) is 24.3 Å². The number of rotatable bonds is 6. The second-order valence-electron chi connectivity index (χ2n) is 5.14. The Bertz CT molecular complexity index is 483. The number of nitrogens with zero attached hydrogens (tertiary/aromatic N) is 1. The van der Waals surface area contributed by atoms with Crippen LogP contribution in [0, 0.1) is 5.92 Å². The van der Waals surface area contributed by atoms with Gasteiger partial charge in [0.25, 0.3) is 5.91 Å². The van der Waals surface area contributed by atoms with E-state index in [0.29, 0.717) is 16.5 Å². The summed E-state index contributed by atoms with van der Waals surface area (Å²) in [6.07, 6.45) is 3.48. The van der Waals surface area contributed by atoms with Gasteiger partial charge in [-0.2, -0.15) is 0 Å². The molecule has 0 atom stereocenters. The lowest BCUT2D eigenvalue weighted by molar-refractivity contribution is 0.0747. The maximum absolute atomic E-state index is 12.5. The Morgan fingerprint density at radius 3 is 2.68 bits per heavy atom. The van der Waals surface area contributed by atoms with Gasteiger partial charge in [-0.3, -0.25) is 4.79 Å². The van der Waals surface area contributed by atoms with Gasteiger partial charge in [-0.15, -0.1) is 0 Å².